The van der Waals surface area contributed by atoms with Crippen LogP contribution in [0.5, 0.6) is 0 Å². The van der Waals surface area contributed by atoms with E-state index in [1.54, 1.807) is 4.90 Å². The number of hydrogen-bond donors (Lipinski definition) is 2. The van der Waals surface area contributed by atoms with Crippen LogP contribution in [0.4, 0.5) is 0 Å². The van der Waals surface area contributed by atoms with Crippen LogP contribution in [0.15, 0.2) is 0 Å². The minimum absolute atomic E-state index is 0.0227. The molecule has 17 heavy (non-hydrogen) atoms. The molecule has 0 aromatic heterocycles. The Balaban J connectivity index is 2.44. The van der Waals surface area contributed by atoms with Crippen molar-refractivity contribution in [3.05, 3.63) is 0 Å². The zero-order valence-corrected chi connectivity index (χ0v) is 10.6. The van der Waals surface area contributed by atoms with Crippen LogP contribution in [-0.4, -0.2) is 40.5 Å². The first-order valence-corrected chi connectivity index (χ1v) is 6.09. The second-order valence-electron chi connectivity index (χ2n) is 5.51. The highest BCUT2D eigenvalue weighted by Crippen LogP contribution is 2.18. The minimum atomic E-state index is -0.804. The number of rotatable bonds is 4. The molecule has 3 N–H and O–H groups in total. The number of hydrogen-bond acceptors (Lipinski definition) is 3. The molecule has 0 spiro atoms. The molecule has 1 amide bonds. The van der Waals surface area contributed by atoms with Crippen molar-refractivity contribution in [3.63, 3.8) is 0 Å². The molecule has 1 fully saturated rings. The molecule has 5 heteroatoms. The van der Waals surface area contributed by atoms with E-state index in [1.165, 1.54) is 0 Å². The first kappa shape index (κ1) is 14.0. The maximum absolute atomic E-state index is 11.9. The lowest BCUT2D eigenvalue weighted by Crippen LogP contribution is -2.43. The van der Waals surface area contributed by atoms with E-state index in [0.717, 1.165) is 6.42 Å². The molecular weight excluding hydrogens is 220 g/mol. The van der Waals surface area contributed by atoms with Crippen molar-refractivity contribution in [2.75, 3.05) is 13.1 Å². The van der Waals surface area contributed by atoms with Gasteiger partial charge in [-0.25, -0.2) is 0 Å². The number of carboxylic acids is 1. The first-order valence-electron chi connectivity index (χ1n) is 6.09. The largest absolute Gasteiger partial charge is 0.481 e. The van der Waals surface area contributed by atoms with Gasteiger partial charge in [0.1, 0.15) is 0 Å². The van der Waals surface area contributed by atoms with Gasteiger partial charge in [-0.15, -0.1) is 0 Å². The minimum Gasteiger partial charge on any atom is -0.481 e. The van der Waals surface area contributed by atoms with Crippen molar-refractivity contribution in [3.8, 4) is 0 Å². The lowest BCUT2D eigenvalue weighted by molar-refractivity contribution is -0.145. The number of nitrogens with zero attached hydrogens (tertiary/aromatic N) is 1. The third-order valence-corrected chi connectivity index (χ3v) is 3.11. The Morgan fingerprint density at radius 3 is 2.65 bits per heavy atom. The summed E-state index contributed by atoms with van der Waals surface area (Å²) in [5.41, 5.74) is 5.47. The fourth-order valence-corrected chi connectivity index (χ4v) is 1.99. The van der Waals surface area contributed by atoms with Gasteiger partial charge in [0.2, 0.25) is 5.91 Å². The Kier molecular flexibility index (Phi) is 4.51. The van der Waals surface area contributed by atoms with Crippen LogP contribution in [0.25, 0.3) is 0 Å². The van der Waals surface area contributed by atoms with Gasteiger partial charge in [-0.05, 0) is 33.1 Å². The zero-order chi connectivity index (χ0) is 13.1. The number of amides is 1. The van der Waals surface area contributed by atoms with Gasteiger partial charge in [-0.3, -0.25) is 9.59 Å². The van der Waals surface area contributed by atoms with Gasteiger partial charge in [0.25, 0.3) is 0 Å². The normalized spacial score (nSPS) is 21.4. The molecule has 0 aliphatic carbocycles. The van der Waals surface area contributed by atoms with Crippen LogP contribution >= 0.6 is 0 Å². The maximum Gasteiger partial charge on any atom is 0.308 e. The molecule has 98 valence electrons. The summed E-state index contributed by atoms with van der Waals surface area (Å²) in [6.45, 7) is 4.79. The molecule has 0 aromatic carbocycles. The number of carbonyl (C=O) groups excluding carboxylic acids is 1. The van der Waals surface area contributed by atoms with Gasteiger partial charge >= 0.3 is 5.97 Å². The number of carbonyl (C=O) groups is 2. The van der Waals surface area contributed by atoms with Gasteiger partial charge in [0, 0.05) is 25.0 Å². The molecule has 0 unspecified atom stereocenters. The highest BCUT2D eigenvalue weighted by atomic mass is 16.4. The van der Waals surface area contributed by atoms with Crippen LogP contribution < -0.4 is 5.73 Å². The van der Waals surface area contributed by atoms with Gasteiger partial charge in [0.15, 0.2) is 0 Å². The Bertz CT molecular complexity index is 297. The molecule has 0 bridgehead atoms. The van der Waals surface area contributed by atoms with Crippen LogP contribution in [0.1, 0.15) is 39.5 Å². The fourth-order valence-electron chi connectivity index (χ4n) is 1.99. The summed E-state index contributed by atoms with van der Waals surface area (Å²) in [7, 11) is 0. The van der Waals surface area contributed by atoms with Gasteiger partial charge in [0.05, 0.1) is 5.92 Å². The molecule has 0 aromatic rings. The second kappa shape index (κ2) is 5.49. The summed E-state index contributed by atoms with van der Waals surface area (Å²) in [5, 5.41) is 8.94. The Morgan fingerprint density at radius 1 is 1.47 bits per heavy atom. The predicted octanol–water partition coefficient (Wildman–Crippen LogP) is 0.827. The standard InChI is InChI=1S/C12H22N2O3/c1-12(2,13)6-5-10(15)14-7-3-4-9(8-14)11(16)17/h9H,3-8,13H2,1-2H3,(H,16,17)/t9-/m0/s1. The third-order valence-electron chi connectivity index (χ3n) is 3.11. The van der Waals surface area contributed by atoms with Crippen molar-refractivity contribution in [2.24, 2.45) is 11.7 Å². The topological polar surface area (TPSA) is 83.6 Å². The monoisotopic (exact) mass is 242 g/mol. The molecule has 1 atom stereocenters. The van der Waals surface area contributed by atoms with E-state index in [1.807, 2.05) is 13.8 Å². The summed E-state index contributed by atoms with van der Waals surface area (Å²) in [6, 6.07) is 0. The van der Waals surface area contributed by atoms with Crippen LogP contribution in [-0.2, 0) is 9.59 Å². The molecule has 1 heterocycles. The molecule has 1 saturated heterocycles. The van der Waals surface area contributed by atoms with Crippen molar-refractivity contribution in [2.45, 2.75) is 45.1 Å². The van der Waals surface area contributed by atoms with E-state index in [-0.39, 0.29) is 11.4 Å². The van der Waals surface area contributed by atoms with Crippen molar-refractivity contribution < 1.29 is 14.7 Å². The molecule has 1 rings (SSSR count). The van der Waals surface area contributed by atoms with Gasteiger partial charge in [-0.1, -0.05) is 0 Å². The van der Waals surface area contributed by atoms with Crippen molar-refractivity contribution in [1.29, 1.82) is 0 Å². The zero-order valence-electron chi connectivity index (χ0n) is 10.6. The van der Waals surface area contributed by atoms with E-state index >= 15 is 0 Å². The maximum atomic E-state index is 11.9. The highest BCUT2D eigenvalue weighted by molar-refractivity contribution is 5.78. The molecule has 0 radical (unpaired) electrons. The van der Waals surface area contributed by atoms with E-state index in [0.29, 0.717) is 32.4 Å². The predicted molar refractivity (Wildman–Crippen MR) is 64.4 cm³/mol. The SMILES string of the molecule is CC(C)(N)CCC(=O)N1CCC[C@H](C(=O)O)C1. The number of aliphatic carboxylic acids is 1. The van der Waals surface area contributed by atoms with Crippen molar-refractivity contribution in [1.82, 2.24) is 4.90 Å². The molecule has 0 saturated carbocycles. The average Bonchev–Trinajstić information content (AvgIpc) is 2.25. The van der Waals surface area contributed by atoms with Gasteiger partial charge < -0.3 is 15.7 Å². The quantitative estimate of drug-likeness (QED) is 0.764. The van der Waals surface area contributed by atoms with Crippen LogP contribution in [0.2, 0.25) is 0 Å². The molecule has 1 aliphatic heterocycles. The van der Waals surface area contributed by atoms with Crippen LogP contribution in [0, 0.1) is 5.92 Å². The van der Waals surface area contributed by atoms with Crippen molar-refractivity contribution >= 4 is 11.9 Å². The van der Waals surface area contributed by atoms with E-state index in [4.69, 9.17) is 10.8 Å². The third kappa shape index (κ3) is 4.73. The van der Waals surface area contributed by atoms with E-state index in [2.05, 4.69) is 0 Å². The second-order valence-corrected chi connectivity index (χ2v) is 5.51. The number of carboxylic acid groups (broad SMARTS) is 1. The first-order chi connectivity index (χ1) is 7.79. The number of piperidine rings is 1. The summed E-state index contributed by atoms with van der Waals surface area (Å²) >= 11 is 0. The van der Waals surface area contributed by atoms with E-state index < -0.39 is 11.9 Å². The summed E-state index contributed by atoms with van der Waals surface area (Å²) in [5.74, 6) is -1.19. The lowest BCUT2D eigenvalue weighted by atomic mass is 9.96. The Morgan fingerprint density at radius 2 is 2.12 bits per heavy atom. The molecule has 1 aliphatic rings. The van der Waals surface area contributed by atoms with Crippen LogP contribution in [0.3, 0.4) is 0 Å². The summed E-state index contributed by atoms with van der Waals surface area (Å²) in [4.78, 5) is 24.4. The molecular formula is C12H22N2O3. The smallest absolute Gasteiger partial charge is 0.308 e. The number of nitrogens with two attached hydrogens (primary N) is 1. The lowest BCUT2D eigenvalue weighted by Gasteiger charge is -2.31. The fraction of sp³-hybridized carbons (Fsp3) is 0.833. The Labute approximate surface area is 102 Å². The average molecular weight is 242 g/mol. The Hall–Kier alpha value is -1.10. The summed E-state index contributed by atoms with van der Waals surface area (Å²) in [6.07, 6.45) is 2.46. The highest BCUT2D eigenvalue weighted by Gasteiger charge is 2.28. The summed E-state index contributed by atoms with van der Waals surface area (Å²) < 4.78 is 0. The van der Waals surface area contributed by atoms with E-state index in [9.17, 15) is 9.59 Å². The molecule has 5 nitrogen and oxygen atoms in total. The van der Waals surface area contributed by atoms with Gasteiger partial charge in [-0.2, -0.15) is 0 Å². The number of likely N-dealkylation sites (tertiary alicyclic amines) is 1.